The van der Waals surface area contributed by atoms with Crippen molar-refractivity contribution in [1.82, 2.24) is 0 Å². The van der Waals surface area contributed by atoms with Crippen molar-refractivity contribution in [2.45, 2.75) is 13.0 Å². The summed E-state index contributed by atoms with van der Waals surface area (Å²) in [5.74, 6) is -0.0949. The molecule has 1 amide bonds. The smallest absolute Gasteiger partial charge is 0.261 e. The molecule has 1 aliphatic rings. The molecule has 0 saturated heterocycles. The summed E-state index contributed by atoms with van der Waals surface area (Å²) in [6.07, 6.45) is 0. The van der Waals surface area contributed by atoms with Crippen LogP contribution in [0.25, 0.3) is 5.57 Å². The predicted molar refractivity (Wildman–Crippen MR) is 110 cm³/mol. The highest BCUT2D eigenvalue weighted by atomic mass is 35.5. The summed E-state index contributed by atoms with van der Waals surface area (Å²) >= 11 is 6.05. The van der Waals surface area contributed by atoms with Crippen molar-refractivity contribution in [1.29, 1.82) is 0 Å². The first-order chi connectivity index (χ1) is 13.1. The molecule has 0 bridgehead atoms. The Balaban J connectivity index is 1.88. The summed E-state index contributed by atoms with van der Waals surface area (Å²) < 4.78 is 0. The molecule has 1 heterocycles. The Kier molecular flexibility index (Phi) is 4.46. The van der Waals surface area contributed by atoms with Crippen molar-refractivity contribution in [2.75, 3.05) is 4.90 Å². The third kappa shape index (κ3) is 3.11. The Labute approximate surface area is 163 Å². The van der Waals surface area contributed by atoms with Gasteiger partial charge in [0.15, 0.2) is 0 Å². The van der Waals surface area contributed by atoms with Gasteiger partial charge in [0.2, 0.25) is 0 Å². The lowest BCUT2D eigenvalue weighted by atomic mass is 10.00. The van der Waals surface area contributed by atoms with E-state index in [1.54, 1.807) is 4.90 Å². The maximum absolute atomic E-state index is 13.4. The van der Waals surface area contributed by atoms with Crippen LogP contribution >= 0.6 is 11.6 Å². The Morgan fingerprint density at radius 1 is 0.889 bits per heavy atom. The van der Waals surface area contributed by atoms with Gasteiger partial charge in [-0.3, -0.25) is 9.69 Å². The van der Waals surface area contributed by atoms with Crippen LogP contribution in [0.15, 0.2) is 84.6 Å². The highest BCUT2D eigenvalue weighted by Gasteiger charge is 2.40. The fourth-order valence-corrected chi connectivity index (χ4v) is 3.60. The summed E-state index contributed by atoms with van der Waals surface area (Å²) in [6.45, 7) is 2.02. The monoisotopic (exact) mass is 374 g/mol. The van der Waals surface area contributed by atoms with Gasteiger partial charge in [-0.05, 0) is 42.3 Å². The minimum absolute atomic E-state index is 0.0949. The van der Waals surface area contributed by atoms with E-state index in [-0.39, 0.29) is 11.9 Å². The van der Waals surface area contributed by atoms with E-state index in [0.29, 0.717) is 16.3 Å². The van der Waals surface area contributed by atoms with E-state index in [9.17, 15) is 4.79 Å². The number of rotatable bonds is 3. The number of carbonyl (C=O) groups excluding carboxylic acids is 1. The quantitative estimate of drug-likeness (QED) is 0.692. The van der Waals surface area contributed by atoms with E-state index >= 15 is 0 Å². The van der Waals surface area contributed by atoms with Crippen LogP contribution < -0.4 is 10.6 Å². The number of hydrogen-bond acceptors (Lipinski definition) is 2. The van der Waals surface area contributed by atoms with E-state index in [2.05, 4.69) is 0 Å². The van der Waals surface area contributed by atoms with Gasteiger partial charge in [-0.1, -0.05) is 71.8 Å². The lowest BCUT2D eigenvalue weighted by Gasteiger charge is -2.26. The molecule has 0 aromatic heterocycles. The zero-order valence-electron chi connectivity index (χ0n) is 14.9. The molecule has 4 rings (SSSR count). The second kappa shape index (κ2) is 6.93. The first-order valence-electron chi connectivity index (χ1n) is 8.77. The first-order valence-corrected chi connectivity index (χ1v) is 9.15. The van der Waals surface area contributed by atoms with Crippen LogP contribution in [0, 0.1) is 6.92 Å². The van der Waals surface area contributed by atoms with Gasteiger partial charge >= 0.3 is 0 Å². The number of nitrogens with zero attached hydrogens (tertiary/aromatic N) is 1. The highest BCUT2D eigenvalue weighted by molar-refractivity contribution is 6.31. The molecule has 3 aromatic rings. The van der Waals surface area contributed by atoms with Gasteiger partial charge in [0, 0.05) is 16.4 Å². The number of hydrogen-bond donors (Lipinski definition) is 1. The summed E-state index contributed by atoms with van der Waals surface area (Å²) in [5, 5.41) is 0.649. The fraction of sp³-hybridized carbons (Fsp3) is 0.0870. The molecule has 1 unspecified atom stereocenters. The van der Waals surface area contributed by atoms with Crippen LogP contribution in [0.5, 0.6) is 0 Å². The van der Waals surface area contributed by atoms with Crippen LogP contribution in [-0.4, -0.2) is 5.91 Å². The van der Waals surface area contributed by atoms with Gasteiger partial charge in [0.1, 0.15) is 6.04 Å². The van der Waals surface area contributed by atoms with Crippen molar-refractivity contribution in [3.63, 3.8) is 0 Å². The molecule has 134 valence electrons. The van der Waals surface area contributed by atoms with E-state index in [1.807, 2.05) is 85.8 Å². The number of amides is 1. The van der Waals surface area contributed by atoms with E-state index in [1.165, 1.54) is 0 Å². The molecular formula is C23H19ClN2O. The Morgan fingerprint density at radius 3 is 2.15 bits per heavy atom. The van der Waals surface area contributed by atoms with Crippen molar-refractivity contribution in [3.05, 3.63) is 106 Å². The van der Waals surface area contributed by atoms with Crippen LogP contribution in [0.4, 0.5) is 5.69 Å². The minimum atomic E-state index is -0.368. The van der Waals surface area contributed by atoms with Gasteiger partial charge in [-0.2, -0.15) is 0 Å². The largest absolute Gasteiger partial charge is 0.399 e. The lowest BCUT2D eigenvalue weighted by Crippen LogP contribution is -2.30. The molecule has 1 aliphatic heterocycles. The SMILES string of the molecule is Cc1ccc(N2C(=O)C(c3ccccc3)=C(N)C2c2ccc(Cl)cc2)cc1. The number of benzene rings is 3. The minimum Gasteiger partial charge on any atom is -0.399 e. The Morgan fingerprint density at radius 2 is 1.52 bits per heavy atom. The van der Waals surface area contributed by atoms with E-state index < -0.39 is 0 Å². The molecule has 3 aromatic carbocycles. The van der Waals surface area contributed by atoms with E-state index in [0.717, 1.165) is 22.4 Å². The summed E-state index contributed by atoms with van der Waals surface area (Å²) in [4.78, 5) is 15.2. The second-order valence-electron chi connectivity index (χ2n) is 6.66. The molecule has 1 atom stereocenters. The first kappa shape index (κ1) is 17.4. The number of halogens is 1. The molecule has 0 fully saturated rings. The molecular weight excluding hydrogens is 356 g/mol. The second-order valence-corrected chi connectivity index (χ2v) is 7.10. The predicted octanol–water partition coefficient (Wildman–Crippen LogP) is 5.11. The average Bonchev–Trinajstić information content (AvgIpc) is 2.94. The lowest BCUT2D eigenvalue weighted by molar-refractivity contribution is -0.113. The van der Waals surface area contributed by atoms with Crippen LogP contribution in [0.2, 0.25) is 5.02 Å². The van der Waals surface area contributed by atoms with Crippen LogP contribution in [-0.2, 0) is 4.79 Å². The maximum Gasteiger partial charge on any atom is 0.261 e. The number of nitrogens with two attached hydrogens (primary N) is 1. The van der Waals surface area contributed by atoms with Crippen molar-refractivity contribution in [2.24, 2.45) is 5.73 Å². The number of aryl methyl sites for hydroxylation is 1. The van der Waals surface area contributed by atoms with Gasteiger partial charge in [-0.25, -0.2) is 0 Å². The molecule has 0 saturated carbocycles. The Hall–Kier alpha value is -3.04. The summed E-state index contributed by atoms with van der Waals surface area (Å²) in [5.41, 5.74) is 11.4. The standard InChI is InChI=1S/C23H19ClN2O/c1-15-7-13-19(14-8-15)26-22(17-9-11-18(24)12-10-17)21(25)20(23(26)27)16-5-3-2-4-6-16/h2-14,22H,25H2,1H3. The van der Waals surface area contributed by atoms with Crippen molar-refractivity contribution >= 4 is 28.8 Å². The number of carbonyl (C=O) groups is 1. The molecule has 0 aliphatic carbocycles. The van der Waals surface area contributed by atoms with Gasteiger partial charge < -0.3 is 5.73 Å². The average molecular weight is 375 g/mol. The fourth-order valence-electron chi connectivity index (χ4n) is 3.48. The molecule has 4 heteroatoms. The summed E-state index contributed by atoms with van der Waals surface area (Å²) in [6, 6.07) is 24.6. The molecule has 3 nitrogen and oxygen atoms in total. The molecule has 0 spiro atoms. The molecule has 27 heavy (non-hydrogen) atoms. The highest BCUT2D eigenvalue weighted by Crippen LogP contribution is 2.42. The zero-order chi connectivity index (χ0) is 19.0. The third-order valence-corrected chi connectivity index (χ3v) is 5.09. The van der Waals surface area contributed by atoms with Crippen molar-refractivity contribution in [3.8, 4) is 0 Å². The summed E-state index contributed by atoms with van der Waals surface area (Å²) in [7, 11) is 0. The normalized spacial score (nSPS) is 16.9. The van der Waals surface area contributed by atoms with Gasteiger partial charge in [0.05, 0.1) is 5.57 Å². The molecule has 0 radical (unpaired) electrons. The van der Waals surface area contributed by atoms with Crippen LogP contribution in [0.3, 0.4) is 0 Å². The number of anilines is 1. The van der Waals surface area contributed by atoms with Crippen molar-refractivity contribution < 1.29 is 4.79 Å². The Bertz CT molecular complexity index is 1010. The molecule has 2 N–H and O–H groups in total. The van der Waals surface area contributed by atoms with Gasteiger partial charge in [-0.15, -0.1) is 0 Å². The topological polar surface area (TPSA) is 46.3 Å². The van der Waals surface area contributed by atoms with E-state index in [4.69, 9.17) is 17.3 Å². The van der Waals surface area contributed by atoms with Crippen LogP contribution in [0.1, 0.15) is 22.7 Å². The zero-order valence-corrected chi connectivity index (χ0v) is 15.6. The third-order valence-electron chi connectivity index (χ3n) is 4.83. The maximum atomic E-state index is 13.4. The van der Waals surface area contributed by atoms with Gasteiger partial charge in [0.25, 0.3) is 5.91 Å².